The molecule has 2 aliphatic rings. The summed E-state index contributed by atoms with van der Waals surface area (Å²) < 4.78 is 47.9. The zero-order valence-corrected chi connectivity index (χ0v) is 17.0. The molecule has 1 aromatic heterocycles. The largest absolute Gasteiger partial charge is 0.410 e. The number of amides is 1. The smallest absolute Gasteiger partial charge is 0.376 e. The third-order valence-electron chi connectivity index (χ3n) is 5.23. The van der Waals surface area contributed by atoms with E-state index in [4.69, 9.17) is 4.74 Å². The van der Waals surface area contributed by atoms with Crippen molar-refractivity contribution in [1.82, 2.24) is 15.1 Å². The van der Waals surface area contributed by atoms with Gasteiger partial charge in [0.2, 0.25) is 0 Å². The number of carbonyl (C=O) groups excluding carboxylic acids is 1. The number of anilines is 1. The summed E-state index contributed by atoms with van der Waals surface area (Å²) >= 11 is 3.28. The molecule has 3 heterocycles. The predicted octanol–water partition coefficient (Wildman–Crippen LogP) is 4.21. The summed E-state index contributed by atoms with van der Waals surface area (Å²) in [5, 5.41) is 9.82. The summed E-state index contributed by atoms with van der Waals surface area (Å²) in [4.78, 5) is 12.6. The van der Waals surface area contributed by atoms with Crippen LogP contribution < -0.4 is 10.6 Å². The minimum absolute atomic E-state index is 0.0709. The molecule has 0 radical (unpaired) electrons. The monoisotopic (exact) mass is 472 g/mol. The van der Waals surface area contributed by atoms with Crippen LogP contribution in [0.2, 0.25) is 0 Å². The van der Waals surface area contributed by atoms with Crippen LogP contribution in [0, 0.1) is 0 Å². The van der Waals surface area contributed by atoms with Crippen LogP contribution in [0.1, 0.15) is 47.4 Å². The molecule has 3 atom stereocenters. The van der Waals surface area contributed by atoms with Gasteiger partial charge in [0.05, 0.1) is 16.6 Å². The minimum atomic E-state index is -4.50. The third-order valence-corrected chi connectivity index (χ3v) is 5.98. The molecule has 0 bridgehead atoms. The highest BCUT2D eigenvalue weighted by Gasteiger charge is 2.47. The summed E-state index contributed by atoms with van der Waals surface area (Å²) in [6.45, 7) is 0.956. The van der Waals surface area contributed by atoms with Crippen LogP contribution in [-0.2, 0) is 4.74 Å². The Hall–Kier alpha value is -2.07. The fourth-order valence-electron chi connectivity index (χ4n) is 3.73. The highest BCUT2D eigenvalue weighted by molar-refractivity contribution is 9.10. The molecule has 2 aromatic rings. The van der Waals surface area contributed by atoms with E-state index in [0.29, 0.717) is 13.2 Å². The second kappa shape index (κ2) is 7.98. The number of hydrogen-bond acceptors (Lipinski definition) is 4. The Bertz CT molecular complexity index is 882. The average Bonchev–Trinajstić information content (AvgIpc) is 3.33. The lowest BCUT2D eigenvalue weighted by atomic mass is 9.97. The van der Waals surface area contributed by atoms with Gasteiger partial charge in [-0.1, -0.05) is 30.3 Å². The van der Waals surface area contributed by atoms with Crippen molar-refractivity contribution in [3.8, 4) is 0 Å². The molecule has 0 spiro atoms. The van der Waals surface area contributed by atoms with E-state index >= 15 is 0 Å². The van der Waals surface area contributed by atoms with Crippen molar-refractivity contribution in [2.24, 2.45) is 0 Å². The number of halogens is 4. The van der Waals surface area contributed by atoms with E-state index in [0.717, 1.165) is 23.1 Å². The van der Waals surface area contributed by atoms with Crippen molar-refractivity contribution in [2.45, 2.75) is 43.6 Å². The zero-order valence-electron chi connectivity index (χ0n) is 15.4. The van der Waals surface area contributed by atoms with Crippen molar-refractivity contribution in [3.05, 3.63) is 46.1 Å². The number of rotatable bonds is 4. The van der Waals surface area contributed by atoms with Gasteiger partial charge in [-0.25, -0.2) is 4.68 Å². The molecule has 1 amide bonds. The lowest BCUT2D eigenvalue weighted by Crippen LogP contribution is -2.36. The van der Waals surface area contributed by atoms with Crippen molar-refractivity contribution < 1.29 is 22.7 Å². The van der Waals surface area contributed by atoms with Gasteiger partial charge in [0.1, 0.15) is 5.82 Å². The van der Waals surface area contributed by atoms with Gasteiger partial charge >= 0.3 is 6.18 Å². The van der Waals surface area contributed by atoms with Crippen molar-refractivity contribution >= 4 is 27.7 Å². The molecule has 0 unspecified atom stereocenters. The maximum Gasteiger partial charge on any atom is 0.410 e. The van der Waals surface area contributed by atoms with Crippen LogP contribution in [0.15, 0.2) is 34.8 Å². The minimum Gasteiger partial charge on any atom is -0.376 e. The van der Waals surface area contributed by atoms with E-state index < -0.39 is 24.2 Å². The Kier molecular flexibility index (Phi) is 5.56. The maximum atomic E-state index is 13.8. The van der Waals surface area contributed by atoms with E-state index in [9.17, 15) is 18.0 Å². The van der Waals surface area contributed by atoms with Gasteiger partial charge in [0, 0.05) is 19.6 Å². The van der Waals surface area contributed by atoms with Crippen molar-refractivity contribution in [1.29, 1.82) is 0 Å². The Morgan fingerprint density at radius 2 is 2.10 bits per heavy atom. The van der Waals surface area contributed by atoms with Crippen molar-refractivity contribution in [3.63, 3.8) is 0 Å². The Morgan fingerprint density at radius 3 is 2.76 bits per heavy atom. The summed E-state index contributed by atoms with van der Waals surface area (Å²) in [5.74, 6) is -0.386. The molecule has 1 aromatic carbocycles. The number of benzene rings is 1. The molecule has 1 saturated heterocycles. The quantitative estimate of drug-likeness (QED) is 0.698. The molecule has 0 saturated carbocycles. The van der Waals surface area contributed by atoms with Gasteiger partial charge in [-0.05, 0) is 34.3 Å². The fraction of sp³-hybridized carbons (Fsp3) is 0.474. The van der Waals surface area contributed by atoms with E-state index in [1.165, 1.54) is 0 Å². The molecular formula is C19H20BrF3N4O2. The van der Waals surface area contributed by atoms with Crippen LogP contribution in [0.3, 0.4) is 0 Å². The summed E-state index contributed by atoms with van der Waals surface area (Å²) in [5.41, 5.74) is 0.666. The summed E-state index contributed by atoms with van der Waals surface area (Å²) in [7, 11) is 0. The van der Waals surface area contributed by atoms with Crippen LogP contribution in [0.25, 0.3) is 0 Å². The zero-order chi connectivity index (χ0) is 20.6. The topological polar surface area (TPSA) is 68.2 Å². The number of nitrogens with zero attached hydrogens (tertiary/aromatic N) is 2. The first-order valence-electron chi connectivity index (χ1n) is 9.40. The first-order valence-corrected chi connectivity index (χ1v) is 10.2. The number of alkyl halides is 3. The second-order valence-electron chi connectivity index (χ2n) is 7.20. The van der Waals surface area contributed by atoms with Gasteiger partial charge in [-0.2, -0.15) is 18.3 Å². The van der Waals surface area contributed by atoms with E-state index in [1.807, 2.05) is 6.07 Å². The number of carbonyl (C=O) groups is 1. The standard InChI is InChI=1S/C19H20BrF3N4O2/c20-15-16(18(28)24-10-12-7-4-8-29-12)26-27-14(19(21,22)23)9-13(25-17(15)27)11-5-2-1-3-6-11/h1-3,5-6,12-14,25H,4,7-10H2,(H,24,28)/t12-,13-,14-/m0/s1. The number of nitrogens with one attached hydrogen (secondary N) is 2. The fourth-order valence-corrected chi connectivity index (χ4v) is 4.29. The number of fused-ring (bicyclic) bond motifs is 1. The molecule has 6 nitrogen and oxygen atoms in total. The van der Waals surface area contributed by atoms with Gasteiger partial charge in [-0.15, -0.1) is 0 Å². The van der Waals surface area contributed by atoms with Gasteiger partial charge in [0.25, 0.3) is 5.91 Å². The van der Waals surface area contributed by atoms with Crippen LogP contribution >= 0.6 is 15.9 Å². The molecule has 29 heavy (non-hydrogen) atoms. The maximum absolute atomic E-state index is 13.8. The molecule has 2 aliphatic heterocycles. The predicted molar refractivity (Wildman–Crippen MR) is 104 cm³/mol. The molecule has 2 N–H and O–H groups in total. The highest BCUT2D eigenvalue weighted by atomic mass is 79.9. The lowest BCUT2D eigenvalue weighted by Gasteiger charge is -2.33. The van der Waals surface area contributed by atoms with Gasteiger partial charge in [0.15, 0.2) is 11.7 Å². The molecule has 0 aliphatic carbocycles. The SMILES string of the molecule is O=C(NC[C@@H]1CCCO1)c1nn2c(c1Br)N[C@H](c1ccccc1)C[C@H]2C(F)(F)F. The molecule has 1 fully saturated rings. The Labute approximate surface area is 173 Å². The summed E-state index contributed by atoms with van der Waals surface area (Å²) in [6, 6.07) is 6.55. The van der Waals surface area contributed by atoms with E-state index in [2.05, 4.69) is 31.7 Å². The highest BCUT2D eigenvalue weighted by Crippen LogP contribution is 2.46. The molecule has 4 rings (SSSR count). The first kappa shape index (κ1) is 20.2. The Morgan fingerprint density at radius 1 is 1.34 bits per heavy atom. The number of aromatic nitrogens is 2. The molecule has 10 heteroatoms. The average molecular weight is 473 g/mol. The second-order valence-corrected chi connectivity index (χ2v) is 7.99. The number of ether oxygens (including phenoxy) is 1. The molecular weight excluding hydrogens is 453 g/mol. The number of hydrogen-bond donors (Lipinski definition) is 2. The third kappa shape index (κ3) is 4.13. The lowest BCUT2D eigenvalue weighted by molar-refractivity contribution is -0.173. The van der Waals surface area contributed by atoms with Gasteiger partial charge in [-0.3, -0.25) is 4.79 Å². The normalized spacial score (nSPS) is 24.1. The van der Waals surface area contributed by atoms with Crippen LogP contribution in [-0.4, -0.2) is 41.1 Å². The van der Waals surface area contributed by atoms with Gasteiger partial charge < -0.3 is 15.4 Å². The van der Waals surface area contributed by atoms with E-state index in [-0.39, 0.29) is 28.5 Å². The van der Waals surface area contributed by atoms with Crippen LogP contribution in [0.4, 0.5) is 19.0 Å². The first-order chi connectivity index (χ1) is 13.8. The van der Waals surface area contributed by atoms with Crippen LogP contribution in [0.5, 0.6) is 0 Å². The van der Waals surface area contributed by atoms with Crippen molar-refractivity contribution in [2.75, 3.05) is 18.5 Å². The molecule has 156 valence electrons. The Balaban J connectivity index is 1.62. The summed E-state index contributed by atoms with van der Waals surface area (Å²) in [6.07, 6.45) is -3.01. The van der Waals surface area contributed by atoms with E-state index in [1.54, 1.807) is 24.3 Å².